The Bertz CT molecular complexity index is 920. The number of hydrogen-bond donors (Lipinski definition) is 2. The number of thioether (sulfide) groups is 1. The van der Waals surface area contributed by atoms with Crippen LogP contribution in [0.4, 0.5) is 4.79 Å². The van der Waals surface area contributed by atoms with Gasteiger partial charge in [0, 0.05) is 6.54 Å². The highest BCUT2D eigenvalue weighted by molar-refractivity contribution is 7.99. The molecule has 2 aromatic rings. The van der Waals surface area contributed by atoms with E-state index in [2.05, 4.69) is 20.9 Å². The normalized spacial score (nSPS) is 18.3. The number of urea groups is 1. The molecule has 1 saturated carbocycles. The lowest BCUT2D eigenvalue weighted by molar-refractivity contribution is -0.139. The maximum Gasteiger partial charge on any atom is 0.344 e. The van der Waals surface area contributed by atoms with Crippen LogP contribution in [0.1, 0.15) is 39.0 Å². The summed E-state index contributed by atoms with van der Waals surface area (Å²) in [6, 6.07) is 3.36. The summed E-state index contributed by atoms with van der Waals surface area (Å²) in [5, 5.41) is 14.6. The molecule has 9 nitrogen and oxygen atoms in total. The molecule has 0 radical (unpaired) electrons. The van der Waals surface area contributed by atoms with Crippen molar-refractivity contribution in [3.05, 3.63) is 17.5 Å². The van der Waals surface area contributed by atoms with Crippen LogP contribution in [0.5, 0.6) is 0 Å². The number of thiophene rings is 1. The monoisotopic (exact) mass is 434 g/mol. The van der Waals surface area contributed by atoms with Crippen molar-refractivity contribution < 1.29 is 14.4 Å². The summed E-state index contributed by atoms with van der Waals surface area (Å²) in [4.78, 5) is 38.4. The minimum atomic E-state index is -0.853. The number of carbonyl (C=O) groups is 3. The van der Waals surface area contributed by atoms with Crippen LogP contribution in [0.25, 0.3) is 10.7 Å². The van der Waals surface area contributed by atoms with E-state index in [9.17, 15) is 14.4 Å². The van der Waals surface area contributed by atoms with Crippen molar-refractivity contribution in [1.29, 1.82) is 0 Å². The molecule has 2 aromatic heterocycles. The van der Waals surface area contributed by atoms with Gasteiger partial charge in [0.05, 0.1) is 10.6 Å². The van der Waals surface area contributed by atoms with Crippen LogP contribution in [0.3, 0.4) is 0 Å². The molecule has 1 saturated heterocycles. The number of rotatable bonds is 6. The first kappa shape index (κ1) is 19.9. The summed E-state index contributed by atoms with van der Waals surface area (Å²) in [5.74, 6) is -0.0159. The second-order valence-corrected chi connectivity index (χ2v) is 8.96. The number of nitrogens with one attached hydrogen (secondary N) is 2. The summed E-state index contributed by atoms with van der Waals surface area (Å²) in [6.07, 6.45) is 4.07. The van der Waals surface area contributed by atoms with E-state index < -0.39 is 17.5 Å². The maximum atomic E-state index is 12.7. The molecule has 4 amide bonds. The van der Waals surface area contributed by atoms with Gasteiger partial charge < -0.3 is 9.88 Å². The lowest BCUT2D eigenvalue weighted by Gasteiger charge is -2.30. The fourth-order valence-corrected chi connectivity index (χ4v) is 5.28. The van der Waals surface area contributed by atoms with Crippen LogP contribution in [0, 0.1) is 0 Å². The van der Waals surface area contributed by atoms with E-state index >= 15 is 0 Å². The molecule has 0 aromatic carbocycles. The lowest BCUT2D eigenvalue weighted by atomic mass is 9.82. The van der Waals surface area contributed by atoms with Crippen LogP contribution < -0.4 is 10.7 Å². The van der Waals surface area contributed by atoms with E-state index in [-0.39, 0.29) is 11.7 Å². The molecule has 29 heavy (non-hydrogen) atoms. The van der Waals surface area contributed by atoms with Gasteiger partial charge in [-0.25, -0.2) is 4.79 Å². The highest BCUT2D eigenvalue weighted by Crippen LogP contribution is 2.33. The fraction of sp³-hybridized carbons (Fsp3) is 0.500. The number of amides is 4. The van der Waals surface area contributed by atoms with E-state index in [0.717, 1.165) is 35.0 Å². The first-order valence-electron chi connectivity index (χ1n) is 9.60. The third-order valence-electron chi connectivity index (χ3n) is 5.21. The summed E-state index contributed by atoms with van der Waals surface area (Å²) in [5.41, 5.74) is 1.60. The molecular weight excluding hydrogens is 412 g/mol. The molecule has 11 heteroatoms. The average molecular weight is 435 g/mol. The van der Waals surface area contributed by atoms with Gasteiger partial charge in [0.1, 0.15) is 5.54 Å². The Morgan fingerprint density at radius 1 is 1.31 bits per heavy atom. The molecule has 4 rings (SSSR count). The van der Waals surface area contributed by atoms with Crippen LogP contribution in [-0.4, -0.2) is 48.9 Å². The zero-order valence-electron chi connectivity index (χ0n) is 16.0. The first-order chi connectivity index (χ1) is 14.0. The summed E-state index contributed by atoms with van der Waals surface area (Å²) >= 11 is 2.80. The lowest BCUT2D eigenvalue weighted by Crippen LogP contribution is -2.51. The Balaban J connectivity index is 1.38. The molecule has 2 fully saturated rings. The highest BCUT2D eigenvalue weighted by atomic mass is 32.2. The smallest absolute Gasteiger partial charge is 0.322 e. The molecule has 0 unspecified atom stereocenters. The highest BCUT2D eigenvalue weighted by Gasteiger charge is 2.52. The fourth-order valence-electron chi connectivity index (χ4n) is 3.77. The van der Waals surface area contributed by atoms with Crippen LogP contribution >= 0.6 is 23.1 Å². The van der Waals surface area contributed by atoms with Gasteiger partial charge in [-0.15, -0.1) is 21.5 Å². The van der Waals surface area contributed by atoms with Crippen molar-refractivity contribution in [1.82, 2.24) is 30.5 Å². The van der Waals surface area contributed by atoms with Gasteiger partial charge in [-0.1, -0.05) is 37.1 Å². The van der Waals surface area contributed by atoms with Gasteiger partial charge in [-0.05, 0) is 31.2 Å². The topological polar surface area (TPSA) is 109 Å². The minimum absolute atomic E-state index is 0.0205. The Morgan fingerprint density at radius 3 is 2.79 bits per heavy atom. The van der Waals surface area contributed by atoms with Crippen molar-refractivity contribution in [2.75, 3.05) is 5.75 Å². The second kappa shape index (κ2) is 8.15. The number of imide groups is 1. The molecule has 2 aliphatic rings. The first-order valence-corrected chi connectivity index (χ1v) is 11.5. The Hall–Kier alpha value is -2.40. The van der Waals surface area contributed by atoms with Crippen molar-refractivity contribution in [2.45, 2.75) is 56.3 Å². The van der Waals surface area contributed by atoms with Gasteiger partial charge in [0.15, 0.2) is 11.0 Å². The van der Waals surface area contributed by atoms with Crippen molar-refractivity contribution in [2.24, 2.45) is 0 Å². The average Bonchev–Trinajstić information content (AvgIpc) is 3.43. The number of nitrogens with zero attached hydrogens (tertiary/aromatic N) is 4. The quantitative estimate of drug-likeness (QED) is 0.534. The Morgan fingerprint density at radius 2 is 2.10 bits per heavy atom. The SMILES string of the molecule is CCn1c(SCC(=O)NN2C(=O)NC3(CCCCC3)C2=O)nnc1-c1cccs1. The van der Waals surface area contributed by atoms with Gasteiger partial charge in [-0.2, -0.15) is 5.01 Å². The molecular formula is C18H22N6O3S2. The van der Waals surface area contributed by atoms with Gasteiger partial charge in [0.2, 0.25) is 5.91 Å². The molecule has 1 aliphatic carbocycles. The molecule has 1 aliphatic heterocycles. The largest absolute Gasteiger partial charge is 0.344 e. The minimum Gasteiger partial charge on any atom is -0.322 e. The third-order valence-corrected chi connectivity index (χ3v) is 7.04. The number of hydrogen-bond acceptors (Lipinski definition) is 7. The summed E-state index contributed by atoms with van der Waals surface area (Å²) in [6.45, 7) is 2.65. The maximum absolute atomic E-state index is 12.7. The van der Waals surface area contributed by atoms with Crippen molar-refractivity contribution in [3.63, 3.8) is 0 Å². The number of aromatic nitrogens is 3. The van der Waals surface area contributed by atoms with E-state index in [1.165, 1.54) is 11.8 Å². The summed E-state index contributed by atoms with van der Waals surface area (Å²) < 4.78 is 1.94. The molecule has 0 bridgehead atoms. The van der Waals surface area contributed by atoms with Crippen molar-refractivity contribution in [3.8, 4) is 10.7 Å². The second-order valence-electron chi connectivity index (χ2n) is 7.06. The van der Waals surface area contributed by atoms with Gasteiger partial charge >= 0.3 is 6.03 Å². The van der Waals surface area contributed by atoms with Gasteiger partial charge in [0.25, 0.3) is 5.91 Å². The Labute approximate surface area is 176 Å². The molecule has 1 spiro atoms. The number of carbonyl (C=O) groups excluding carboxylic acids is 3. The zero-order chi connectivity index (χ0) is 20.4. The van der Waals surface area contributed by atoms with Crippen LogP contribution in [0.2, 0.25) is 0 Å². The van der Waals surface area contributed by atoms with E-state index in [1.54, 1.807) is 11.3 Å². The summed E-state index contributed by atoms with van der Waals surface area (Å²) in [7, 11) is 0. The molecule has 3 heterocycles. The Kier molecular flexibility index (Phi) is 5.59. The molecule has 0 atom stereocenters. The predicted molar refractivity (Wildman–Crippen MR) is 109 cm³/mol. The number of hydrazine groups is 1. The molecule has 2 N–H and O–H groups in total. The van der Waals surface area contributed by atoms with E-state index in [1.807, 2.05) is 29.0 Å². The van der Waals surface area contributed by atoms with E-state index in [4.69, 9.17) is 0 Å². The van der Waals surface area contributed by atoms with Crippen LogP contribution in [0.15, 0.2) is 22.7 Å². The van der Waals surface area contributed by atoms with Gasteiger partial charge in [-0.3, -0.25) is 15.0 Å². The predicted octanol–water partition coefficient (Wildman–Crippen LogP) is 2.40. The van der Waals surface area contributed by atoms with E-state index in [0.29, 0.717) is 24.5 Å². The van der Waals surface area contributed by atoms with Crippen LogP contribution in [-0.2, 0) is 16.1 Å². The zero-order valence-corrected chi connectivity index (χ0v) is 17.6. The standard InChI is InChI=1S/C18H22N6O3S2/c1-2-23-14(12-7-6-10-28-12)20-21-17(23)29-11-13(25)22-24-15(26)18(19-16(24)27)8-4-3-5-9-18/h6-7,10H,2-5,8-9,11H2,1H3,(H,19,27)(H,22,25). The third kappa shape index (κ3) is 3.76. The van der Waals surface area contributed by atoms with Crippen molar-refractivity contribution >= 4 is 40.9 Å². The molecule has 154 valence electrons.